The van der Waals surface area contributed by atoms with Crippen LogP contribution < -0.4 is 0 Å². The Labute approximate surface area is 148 Å². The first-order valence-electron chi connectivity index (χ1n) is 6.69. The zero-order valence-corrected chi connectivity index (χ0v) is 14.2. The van der Waals surface area contributed by atoms with Gasteiger partial charge in [-0.3, -0.25) is 0 Å². The van der Waals surface area contributed by atoms with E-state index in [-0.39, 0.29) is 11.6 Å². The Hall–Kier alpha value is -1.81. The Bertz CT molecular complexity index is 852. The summed E-state index contributed by atoms with van der Waals surface area (Å²) >= 11 is 18.3. The molecular weight excluding hydrogens is 357 g/mol. The lowest BCUT2D eigenvalue weighted by Crippen LogP contribution is -2.05. The van der Waals surface area contributed by atoms with E-state index in [2.05, 4.69) is 4.99 Å². The van der Waals surface area contributed by atoms with Gasteiger partial charge in [-0.1, -0.05) is 46.9 Å². The molecule has 1 aliphatic heterocycles. The maximum atomic E-state index is 12.0. The van der Waals surface area contributed by atoms with Crippen molar-refractivity contribution in [3.8, 4) is 0 Å². The standard InChI is InChI=1S/C17H10Cl3NO2/c1-9-5-6-10(7-14(9)20)16-21-15(17(22)23-16)8-11-12(18)3-2-4-13(11)19/h2-8H,1H3/b15-8-. The van der Waals surface area contributed by atoms with Gasteiger partial charge in [0.15, 0.2) is 5.70 Å². The number of aryl methyl sites for hydroxylation is 1. The number of hydrogen-bond donors (Lipinski definition) is 0. The summed E-state index contributed by atoms with van der Waals surface area (Å²) < 4.78 is 5.20. The van der Waals surface area contributed by atoms with Gasteiger partial charge < -0.3 is 4.74 Å². The van der Waals surface area contributed by atoms with Crippen LogP contribution in [-0.2, 0) is 9.53 Å². The molecule has 2 aromatic rings. The molecule has 0 radical (unpaired) electrons. The van der Waals surface area contributed by atoms with Gasteiger partial charge in [0.1, 0.15) is 0 Å². The summed E-state index contributed by atoms with van der Waals surface area (Å²) in [7, 11) is 0. The molecule has 3 nitrogen and oxygen atoms in total. The third-order valence-corrected chi connectivity index (χ3v) is 4.39. The molecule has 1 heterocycles. The molecule has 0 aliphatic carbocycles. The van der Waals surface area contributed by atoms with Crippen LogP contribution in [0.3, 0.4) is 0 Å². The monoisotopic (exact) mass is 365 g/mol. The van der Waals surface area contributed by atoms with Gasteiger partial charge in [-0.2, -0.15) is 0 Å². The summed E-state index contributed by atoms with van der Waals surface area (Å²) in [6.45, 7) is 1.89. The Morgan fingerprint density at radius 1 is 1.04 bits per heavy atom. The molecule has 0 fully saturated rings. The van der Waals surface area contributed by atoms with Crippen molar-refractivity contribution < 1.29 is 9.53 Å². The van der Waals surface area contributed by atoms with Gasteiger partial charge in [0.25, 0.3) is 0 Å². The molecule has 3 rings (SSSR count). The highest BCUT2D eigenvalue weighted by Gasteiger charge is 2.25. The third-order valence-electron chi connectivity index (χ3n) is 3.32. The van der Waals surface area contributed by atoms with E-state index in [1.807, 2.05) is 13.0 Å². The SMILES string of the molecule is Cc1ccc(C2=N/C(=C\c3c(Cl)cccc3Cl)C(=O)O2)cc1Cl. The second kappa shape index (κ2) is 6.36. The van der Waals surface area contributed by atoms with Gasteiger partial charge in [-0.05, 0) is 42.8 Å². The second-order valence-electron chi connectivity index (χ2n) is 4.94. The fraction of sp³-hybridized carbons (Fsp3) is 0.0588. The Morgan fingerprint density at radius 3 is 2.39 bits per heavy atom. The molecule has 6 heteroatoms. The first kappa shape index (κ1) is 16.1. The summed E-state index contributed by atoms with van der Waals surface area (Å²) in [4.78, 5) is 16.2. The molecule has 0 atom stereocenters. The molecule has 0 N–H and O–H groups in total. The van der Waals surface area contributed by atoms with Crippen LogP contribution in [0.1, 0.15) is 16.7 Å². The van der Waals surface area contributed by atoms with Crippen LogP contribution in [0.4, 0.5) is 0 Å². The van der Waals surface area contributed by atoms with Crippen molar-refractivity contribution in [3.63, 3.8) is 0 Å². The molecule has 0 aromatic heterocycles. The van der Waals surface area contributed by atoms with E-state index >= 15 is 0 Å². The molecule has 23 heavy (non-hydrogen) atoms. The number of ether oxygens (including phenoxy) is 1. The highest BCUT2D eigenvalue weighted by atomic mass is 35.5. The highest BCUT2D eigenvalue weighted by molar-refractivity contribution is 6.37. The van der Waals surface area contributed by atoms with E-state index < -0.39 is 5.97 Å². The van der Waals surface area contributed by atoms with Crippen molar-refractivity contribution in [1.29, 1.82) is 0 Å². The van der Waals surface area contributed by atoms with Crippen molar-refractivity contribution in [2.75, 3.05) is 0 Å². The first-order chi connectivity index (χ1) is 11.0. The number of benzene rings is 2. The van der Waals surface area contributed by atoms with E-state index in [0.717, 1.165) is 5.56 Å². The minimum absolute atomic E-state index is 0.131. The maximum Gasteiger partial charge on any atom is 0.363 e. The average molecular weight is 367 g/mol. The number of carbonyl (C=O) groups is 1. The predicted octanol–water partition coefficient (Wildman–Crippen LogP) is 5.30. The Kier molecular flexibility index (Phi) is 4.44. The van der Waals surface area contributed by atoms with Crippen LogP contribution in [-0.4, -0.2) is 11.9 Å². The smallest absolute Gasteiger partial charge is 0.363 e. The minimum Gasteiger partial charge on any atom is -0.402 e. The van der Waals surface area contributed by atoms with Crippen molar-refractivity contribution in [2.45, 2.75) is 6.92 Å². The molecule has 0 bridgehead atoms. The van der Waals surface area contributed by atoms with Crippen molar-refractivity contribution >= 4 is 52.7 Å². The first-order valence-corrected chi connectivity index (χ1v) is 7.82. The second-order valence-corrected chi connectivity index (χ2v) is 6.16. The summed E-state index contributed by atoms with van der Waals surface area (Å²) in [5, 5.41) is 1.44. The molecule has 2 aromatic carbocycles. The Morgan fingerprint density at radius 2 is 1.74 bits per heavy atom. The van der Waals surface area contributed by atoms with Crippen LogP contribution >= 0.6 is 34.8 Å². The molecule has 116 valence electrons. The number of rotatable bonds is 2. The Balaban J connectivity index is 2.01. The maximum absolute atomic E-state index is 12.0. The summed E-state index contributed by atoms with van der Waals surface area (Å²) in [6, 6.07) is 10.4. The molecule has 0 unspecified atom stereocenters. The fourth-order valence-corrected chi connectivity index (χ4v) is 2.73. The van der Waals surface area contributed by atoms with E-state index in [9.17, 15) is 4.79 Å². The van der Waals surface area contributed by atoms with Crippen LogP contribution in [0.25, 0.3) is 6.08 Å². The van der Waals surface area contributed by atoms with Crippen LogP contribution in [0.15, 0.2) is 47.1 Å². The van der Waals surface area contributed by atoms with Crippen LogP contribution in [0.5, 0.6) is 0 Å². The number of hydrogen-bond acceptors (Lipinski definition) is 3. The quantitative estimate of drug-likeness (QED) is 0.534. The van der Waals surface area contributed by atoms with Gasteiger partial charge in [-0.25, -0.2) is 9.79 Å². The molecular formula is C17H10Cl3NO2. The number of carbonyl (C=O) groups excluding carboxylic acids is 1. The van der Waals surface area contributed by atoms with Gasteiger partial charge in [-0.15, -0.1) is 0 Å². The summed E-state index contributed by atoms with van der Waals surface area (Å²) in [6.07, 6.45) is 1.51. The van der Waals surface area contributed by atoms with E-state index in [4.69, 9.17) is 39.5 Å². The number of nitrogens with zero attached hydrogens (tertiary/aromatic N) is 1. The summed E-state index contributed by atoms with van der Waals surface area (Å²) in [5.74, 6) is -0.362. The van der Waals surface area contributed by atoms with Crippen molar-refractivity contribution in [3.05, 3.63) is 73.9 Å². The fourth-order valence-electron chi connectivity index (χ4n) is 2.04. The summed E-state index contributed by atoms with van der Waals surface area (Å²) in [5.41, 5.74) is 2.21. The highest BCUT2D eigenvalue weighted by Crippen LogP contribution is 2.29. The van der Waals surface area contributed by atoms with E-state index in [0.29, 0.717) is 26.2 Å². The number of aliphatic imine (C=N–C) groups is 1. The average Bonchev–Trinajstić information content (AvgIpc) is 2.87. The lowest BCUT2D eigenvalue weighted by atomic mass is 10.1. The number of halogens is 3. The van der Waals surface area contributed by atoms with E-state index in [1.165, 1.54) is 6.08 Å². The third kappa shape index (κ3) is 3.27. The number of esters is 1. The number of cyclic esters (lactones) is 1. The van der Waals surface area contributed by atoms with E-state index in [1.54, 1.807) is 30.3 Å². The lowest BCUT2D eigenvalue weighted by Gasteiger charge is -2.02. The zero-order chi connectivity index (χ0) is 16.6. The van der Waals surface area contributed by atoms with Gasteiger partial charge in [0.2, 0.25) is 5.90 Å². The molecule has 0 saturated heterocycles. The van der Waals surface area contributed by atoms with Crippen molar-refractivity contribution in [2.24, 2.45) is 4.99 Å². The topological polar surface area (TPSA) is 38.7 Å². The predicted molar refractivity (Wildman–Crippen MR) is 93.3 cm³/mol. The van der Waals surface area contributed by atoms with Gasteiger partial charge in [0.05, 0.1) is 0 Å². The van der Waals surface area contributed by atoms with Gasteiger partial charge >= 0.3 is 5.97 Å². The lowest BCUT2D eigenvalue weighted by molar-refractivity contribution is -0.129. The van der Waals surface area contributed by atoms with Gasteiger partial charge in [0, 0.05) is 26.2 Å². The molecule has 0 spiro atoms. The zero-order valence-electron chi connectivity index (χ0n) is 11.9. The molecule has 0 saturated carbocycles. The largest absolute Gasteiger partial charge is 0.402 e. The van der Waals surface area contributed by atoms with Crippen molar-refractivity contribution in [1.82, 2.24) is 0 Å². The minimum atomic E-state index is -0.562. The van der Waals surface area contributed by atoms with Crippen LogP contribution in [0, 0.1) is 6.92 Å². The molecule has 1 aliphatic rings. The normalized spacial score (nSPS) is 15.7. The molecule has 0 amide bonds. The van der Waals surface area contributed by atoms with Crippen LogP contribution in [0.2, 0.25) is 15.1 Å².